The van der Waals surface area contributed by atoms with E-state index < -0.39 is 5.82 Å². The second-order valence-electron chi connectivity index (χ2n) is 2.68. The van der Waals surface area contributed by atoms with Crippen LogP contribution in [0.1, 0.15) is 0 Å². The van der Waals surface area contributed by atoms with Crippen LogP contribution in [0.5, 0.6) is 0 Å². The van der Waals surface area contributed by atoms with Crippen molar-refractivity contribution in [2.24, 2.45) is 5.11 Å². The second-order valence-corrected chi connectivity index (χ2v) is 3.08. The highest BCUT2D eigenvalue weighted by molar-refractivity contribution is 6.33. The van der Waals surface area contributed by atoms with Crippen LogP contribution in [0.15, 0.2) is 27.7 Å². The molecule has 0 aliphatic heterocycles. The van der Waals surface area contributed by atoms with Crippen molar-refractivity contribution in [2.45, 2.75) is 0 Å². The molecule has 2 rings (SSSR count). The molecule has 0 radical (unpaired) electrons. The van der Waals surface area contributed by atoms with E-state index >= 15 is 0 Å². The van der Waals surface area contributed by atoms with Gasteiger partial charge in [-0.05, 0) is 17.7 Å². The fourth-order valence-electron chi connectivity index (χ4n) is 1.10. The lowest BCUT2D eigenvalue weighted by molar-refractivity contribution is 0.566. The Hall–Kier alpha value is -2.11. The molecule has 6 nitrogen and oxygen atoms in total. The van der Waals surface area contributed by atoms with Crippen molar-refractivity contribution in [1.82, 2.24) is 10.2 Å². The maximum absolute atomic E-state index is 13.4. The first-order valence-electron chi connectivity index (χ1n) is 4.05. The molecule has 0 saturated heterocycles. The Morgan fingerprint density at radius 1 is 1.44 bits per heavy atom. The highest BCUT2D eigenvalue weighted by atomic mass is 35.5. The van der Waals surface area contributed by atoms with E-state index in [0.29, 0.717) is 0 Å². The fourth-order valence-corrected chi connectivity index (χ4v) is 1.34. The summed E-state index contributed by atoms with van der Waals surface area (Å²) in [6.07, 6.45) is 0. The van der Waals surface area contributed by atoms with Gasteiger partial charge in [0.2, 0.25) is 0 Å². The Kier molecular flexibility index (Phi) is 2.72. The van der Waals surface area contributed by atoms with Gasteiger partial charge in [0.25, 0.3) is 5.89 Å². The smallest absolute Gasteiger partial charge is 0.304 e. The average Bonchev–Trinajstić information content (AvgIpc) is 2.67. The number of halogens is 2. The molecule has 2 aromatic rings. The molecule has 0 spiro atoms. The van der Waals surface area contributed by atoms with E-state index in [2.05, 4.69) is 20.2 Å². The van der Waals surface area contributed by atoms with Crippen molar-refractivity contribution in [3.8, 4) is 11.5 Å². The van der Waals surface area contributed by atoms with E-state index in [1.165, 1.54) is 18.2 Å². The molecule has 0 aliphatic carbocycles. The first kappa shape index (κ1) is 10.4. The lowest BCUT2D eigenvalue weighted by atomic mass is 10.2. The van der Waals surface area contributed by atoms with E-state index in [4.69, 9.17) is 21.5 Å². The maximum Gasteiger partial charge on any atom is 0.304 e. The van der Waals surface area contributed by atoms with E-state index in [1.807, 2.05) is 0 Å². The summed E-state index contributed by atoms with van der Waals surface area (Å²) in [5.74, 6) is -0.728. The summed E-state index contributed by atoms with van der Waals surface area (Å²) >= 11 is 5.78. The van der Waals surface area contributed by atoms with Crippen LogP contribution >= 0.6 is 11.6 Å². The molecule has 1 aromatic heterocycles. The van der Waals surface area contributed by atoms with Crippen LogP contribution < -0.4 is 0 Å². The molecule has 0 bridgehead atoms. The maximum atomic E-state index is 13.4. The lowest BCUT2D eigenvalue weighted by Gasteiger charge is -1.99. The van der Waals surface area contributed by atoms with Gasteiger partial charge in [-0.3, -0.25) is 0 Å². The molecule has 8 heteroatoms. The summed E-state index contributed by atoms with van der Waals surface area (Å²) in [6, 6.07) is 3.85. The van der Waals surface area contributed by atoms with Gasteiger partial charge in [-0.15, -0.1) is 10.2 Å². The molecule has 0 amide bonds. The second kappa shape index (κ2) is 4.18. The molecule has 0 N–H and O–H groups in total. The van der Waals surface area contributed by atoms with Crippen LogP contribution in [0, 0.1) is 5.82 Å². The quantitative estimate of drug-likeness (QED) is 0.457. The minimum atomic E-state index is -0.594. The highest BCUT2D eigenvalue weighted by Crippen LogP contribution is 2.30. The van der Waals surface area contributed by atoms with E-state index in [-0.39, 0.29) is 22.5 Å². The third-order valence-corrected chi connectivity index (χ3v) is 2.04. The molecular formula is C8H3ClFN5O. The number of hydrogen-bond donors (Lipinski definition) is 0. The first-order valence-corrected chi connectivity index (χ1v) is 4.43. The average molecular weight is 240 g/mol. The van der Waals surface area contributed by atoms with E-state index in [9.17, 15) is 4.39 Å². The van der Waals surface area contributed by atoms with Gasteiger partial charge in [-0.1, -0.05) is 17.7 Å². The van der Waals surface area contributed by atoms with Gasteiger partial charge in [0, 0.05) is 10.0 Å². The molecule has 0 saturated carbocycles. The van der Waals surface area contributed by atoms with Gasteiger partial charge in [-0.2, -0.15) is 0 Å². The number of aromatic nitrogens is 2. The van der Waals surface area contributed by atoms with Crippen molar-refractivity contribution in [3.05, 3.63) is 39.5 Å². The van der Waals surface area contributed by atoms with Crippen molar-refractivity contribution in [1.29, 1.82) is 0 Å². The largest absolute Gasteiger partial charge is 0.414 e. The monoisotopic (exact) mass is 239 g/mol. The summed E-state index contributed by atoms with van der Waals surface area (Å²) in [7, 11) is 0. The van der Waals surface area contributed by atoms with Gasteiger partial charge in [0.05, 0.1) is 10.6 Å². The molecule has 0 atom stereocenters. The molecule has 1 heterocycles. The summed E-state index contributed by atoms with van der Waals surface area (Å²) in [5, 5.41) is 10.1. The van der Waals surface area contributed by atoms with Crippen molar-refractivity contribution in [2.75, 3.05) is 0 Å². The van der Waals surface area contributed by atoms with Gasteiger partial charge in [0.15, 0.2) is 0 Å². The third kappa shape index (κ3) is 1.81. The molecule has 80 valence electrons. The zero-order valence-electron chi connectivity index (χ0n) is 7.63. The van der Waals surface area contributed by atoms with Crippen molar-refractivity contribution in [3.63, 3.8) is 0 Å². The lowest BCUT2D eigenvalue weighted by Crippen LogP contribution is -1.85. The van der Waals surface area contributed by atoms with E-state index in [0.717, 1.165) is 0 Å². The highest BCUT2D eigenvalue weighted by Gasteiger charge is 2.15. The van der Waals surface area contributed by atoms with Crippen molar-refractivity contribution >= 4 is 17.6 Å². The third-order valence-electron chi connectivity index (χ3n) is 1.72. The van der Waals surface area contributed by atoms with E-state index in [1.54, 1.807) is 0 Å². The first-order chi connectivity index (χ1) is 7.72. The zero-order chi connectivity index (χ0) is 11.5. The molecule has 16 heavy (non-hydrogen) atoms. The van der Waals surface area contributed by atoms with Crippen LogP contribution in [-0.2, 0) is 0 Å². The van der Waals surface area contributed by atoms with Crippen LogP contribution in [0.4, 0.5) is 10.4 Å². The van der Waals surface area contributed by atoms with Crippen LogP contribution in [0.2, 0.25) is 5.02 Å². The number of nitrogens with zero attached hydrogens (tertiary/aromatic N) is 5. The molecule has 0 fully saturated rings. The Morgan fingerprint density at radius 2 is 2.25 bits per heavy atom. The Balaban J connectivity index is 2.54. The Bertz CT molecular complexity index is 557. The predicted molar refractivity (Wildman–Crippen MR) is 53.5 cm³/mol. The number of azide groups is 1. The summed E-state index contributed by atoms with van der Waals surface area (Å²) in [4.78, 5) is 2.46. The van der Waals surface area contributed by atoms with Gasteiger partial charge in [-0.25, -0.2) is 4.39 Å². The molecule has 0 aliphatic rings. The topological polar surface area (TPSA) is 87.7 Å². The zero-order valence-corrected chi connectivity index (χ0v) is 8.39. The Labute approximate surface area is 93.3 Å². The molecule has 1 aromatic carbocycles. The normalized spacial score (nSPS) is 9.88. The summed E-state index contributed by atoms with van der Waals surface area (Å²) in [5.41, 5.74) is 8.12. The van der Waals surface area contributed by atoms with Crippen molar-refractivity contribution < 1.29 is 8.81 Å². The minimum Gasteiger partial charge on any atom is -0.414 e. The number of benzene rings is 1. The summed E-state index contributed by atoms with van der Waals surface area (Å²) in [6.45, 7) is 0. The van der Waals surface area contributed by atoms with Crippen LogP contribution in [0.3, 0.4) is 0 Å². The van der Waals surface area contributed by atoms with Gasteiger partial charge < -0.3 is 4.42 Å². The SMILES string of the molecule is [N-]=[N+]=Nc1nnc(-c2c(F)cccc2Cl)o1. The summed E-state index contributed by atoms with van der Waals surface area (Å²) < 4.78 is 18.3. The minimum absolute atomic E-state index is 0.0175. The van der Waals surface area contributed by atoms with Gasteiger partial charge in [0.1, 0.15) is 5.82 Å². The fraction of sp³-hybridized carbons (Fsp3) is 0. The number of hydrogen-bond acceptors (Lipinski definition) is 4. The van der Waals surface area contributed by atoms with Crippen LogP contribution in [-0.4, -0.2) is 10.2 Å². The standard InChI is InChI=1S/C8H3ClFN5O/c9-4-2-1-3-5(10)6(4)7-12-13-8(16-7)14-15-11/h1-3H. The number of rotatable bonds is 2. The van der Waals surface area contributed by atoms with Crippen LogP contribution in [0.25, 0.3) is 21.9 Å². The molecule has 0 unspecified atom stereocenters. The van der Waals surface area contributed by atoms with Gasteiger partial charge >= 0.3 is 6.01 Å². The molecular weight excluding hydrogens is 237 g/mol. The predicted octanol–water partition coefficient (Wildman–Crippen LogP) is 3.47. The Morgan fingerprint density at radius 3 is 2.94 bits per heavy atom.